The summed E-state index contributed by atoms with van der Waals surface area (Å²) in [7, 11) is 1.60. The number of hydrogen-bond acceptors (Lipinski definition) is 4. The highest BCUT2D eigenvalue weighted by Crippen LogP contribution is 2.28. The predicted octanol–water partition coefficient (Wildman–Crippen LogP) is 5.21. The van der Waals surface area contributed by atoms with Crippen molar-refractivity contribution in [3.63, 3.8) is 0 Å². The van der Waals surface area contributed by atoms with Crippen LogP contribution in [0, 0.1) is 0 Å². The molecule has 0 spiro atoms. The van der Waals surface area contributed by atoms with E-state index in [2.05, 4.69) is 21.2 Å². The number of hydrogen-bond donors (Lipinski definition) is 1. The minimum absolute atomic E-state index is 0.0239. The van der Waals surface area contributed by atoms with Crippen molar-refractivity contribution in [3.8, 4) is 11.5 Å². The molecule has 0 bridgehead atoms. The smallest absolute Gasteiger partial charge is 0.261 e. The number of nitrogens with zero attached hydrogens (tertiary/aromatic N) is 1. The summed E-state index contributed by atoms with van der Waals surface area (Å²) < 4.78 is 11.6. The van der Waals surface area contributed by atoms with Gasteiger partial charge in [-0.25, -0.2) is 0 Å². The number of benzene rings is 2. The van der Waals surface area contributed by atoms with E-state index < -0.39 is 6.04 Å². The second-order valence-corrected chi connectivity index (χ2v) is 8.77. The van der Waals surface area contributed by atoms with Crippen LogP contribution in [0.15, 0.2) is 46.9 Å². The number of rotatable bonds is 11. The Morgan fingerprint density at radius 3 is 2.38 bits per heavy atom. The third-order valence-electron chi connectivity index (χ3n) is 5.14. The molecule has 32 heavy (non-hydrogen) atoms. The molecule has 174 valence electrons. The first kappa shape index (κ1) is 26.0. The lowest BCUT2D eigenvalue weighted by Crippen LogP contribution is -2.51. The molecule has 2 atom stereocenters. The second-order valence-electron chi connectivity index (χ2n) is 7.48. The van der Waals surface area contributed by atoms with E-state index in [1.807, 2.05) is 45.0 Å². The SMILES string of the molecule is CC[C@H](C)NC(=O)[C@H](CC)N(Cc1ccc(OC)cc1)C(=O)COc1ccc(Cl)cc1Br. The van der Waals surface area contributed by atoms with Gasteiger partial charge in [0.05, 0.1) is 11.6 Å². The largest absolute Gasteiger partial charge is 0.497 e. The molecule has 0 saturated carbocycles. The van der Waals surface area contributed by atoms with E-state index >= 15 is 0 Å². The van der Waals surface area contributed by atoms with Gasteiger partial charge >= 0.3 is 0 Å². The molecule has 0 fully saturated rings. The number of carbonyl (C=O) groups excluding carboxylic acids is 2. The summed E-state index contributed by atoms with van der Waals surface area (Å²) in [5.41, 5.74) is 0.890. The van der Waals surface area contributed by atoms with Crippen LogP contribution in [0.1, 0.15) is 39.2 Å². The van der Waals surface area contributed by atoms with Crippen molar-refractivity contribution >= 4 is 39.3 Å². The first-order chi connectivity index (χ1) is 15.3. The Morgan fingerprint density at radius 1 is 1.12 bits per heavy atom. The fraction of sp³-hybridized carbons (Fsp3) is 0.417. The van der Waals surface area contributed by atoms with Crippen molar-refractivity contribution in [2.24, 2.45) is 0 Å². The van der Waals surface area contributed by atoms with Crippen LogP contribution in [0.3, 0.4) is 0 Å². The second kappa shape index (κ2) is 12.7. The van der Waals surface area contributed by atoms with Crippen molar-refractivity contribution in [1.82, 2.24) is 10.2 Å². The van der Waals surface area contributed by atoms with Crippen molar-refractivity contribution < 1.29 is 19.1 Å². The van der Waals surface area contributed by atoms with E-state index in [1.165, 1.54) is 0 Å². The summed E-state index contributed by atoms with van der Waals surface area (Å²) in [6.07, 6.45) is 1.29. The normalized spacial score (nSPS) is 12.6. The highest BCUT2D eigenvalue weighted by molar-refractivity contribution is 9.10. The van der Waals surface area contributed by atoms with Gasteiger partial charge < -0.3 is 19.7 Å². The van der Waals surface area contributed by atoms with E-state index in [-0.39, 0.29) is 31.0 Å². The van der Waals surface area contributed by atoms with Crippen LogP contribution in [0.4, 0.5) is 0 Å². The fourth-order valence-electron chi connectivity index (χ4n) is 3.10. The minimum atomic E-state index is -0.615. The number of nitrogens with one attached hydrogen (secondary N) is 1. The third-order valence-corrected chi connectivity index (χ3v) is 6.00. The zero-order valence-corrected chi connectivity index (χ0v) is 21.2. The van der Waals surface area contributed by atoms with E-state index in [9.17, 15) is 9.59 Å². The topological polar surface area (TPSA) is 67.9 Å². The van der Waals surface area contributed by atoms with E-state index in [0.29, 0.717) is 21.7 Å². The third kappa shape index (κ3) is 7.41. The van der Waals surface area contributed by atoms with Gasteiger partial charge in [0.25, 0.3) is 5.91 Å². The quantitative estimate of drug-likeness (QED) is 0.437. The van der Waals surface area contributed by atoms with Crippen LogP contribution in [0.2, 0.25) is 5.02 Å². The van der Waals surface area contributed by atoms with Crippen LogP contribution in [0.5, 0.6) is 11.5 Å². The lowest BCUT2D eigenvalue weighted by atomic mass is 10.1. The van der Waals surface area contributed by atoms with Crippen molar-refractivity contribution in [2.75, 3.05) is 13.7 Å². The number of methoxy groups -OCH3 is 1. The molecule has 0 aromatic heterocycles. The molecule has 0 aliphatic heterocycles. The molecule has 6 nitrogen and oxygen atoms in total. The van der Waals surface area contributed by atoms with Crippen molar-refractivity contribution in [2.45, 2.75) is 52.2 Å². The summed E-state index contributed by atoms with van der Waals surface area (Å²) in [6.45, 7) is 5.92. The van der Waals surface area contributed by atoms with Gasteiger partial charge in [0, 0.05) is 17.6 Å². The summed E-state index contributed by atoms with van der Waals surface area (Å²) in [5, 5.41) is 3.55. The average molecular weight is 526 g/mol. The fourth-order valence-corrected chi connectivity index (χ4v) is 3.90. The Kier molecular flexibility index (Phi) is 10.3. The first-order valence-electron chi connectivity index (χ1n) is 10.6. The zero-order valence-electron chi connectivity index (χ0n) is 18.9. The lowest BCUT2D eigenvalue weighted by Gasteiger charge is -2.31. The monoisotopic (exact) mass is 524 g/mol. The lowest BCUT2D eigenvalue weighted by molar-refractivity contribution is -0.143. The maximum Gasteiger partial charge on any atom is 0.261 e. The van der Waals surface area contributed by atoms with E-state index in [0.717, 1.165) is 17.7 Å². The van der Waals surface area contributed by atoms with Crippen molar-refractivity contribution in [1.29, 1.82) is 0 Å². The van der Waals surface area contributed by atoms with Gasteiger partial charge in [0.2, 0.25) is 5.91 Å². The molecule has 2 aromatic rings. The van der Waals surface area contributed by atoms with Crippen LogP contribution in [-0.4, -0.2) is 42.5 Å². The van der Waals surface area contributed by atoms with E-state index in [4.69, 9.17) is 21.1 Å². The molecule has 0 unspecified atom stereocenters. The van der Waals surface area contributed by atoms with Crippen molar-refractivity contribution in [3.05, 3.63) is 57.5 Å². The molecule has 0 aliphatic rings. The Bertz CT molecular complexity index is 907. The molecule has 0 saturated heterocycles. The van der Waals surface area contributed by atoms with Gasteiger partial charge in [-0.15, -0.1) is 0 Å². The summed E-state index contributed by atoms with van der Waals surface area (Å²) in [4.78, 5) is 27.8. The maximum atomic E-state index is 13.2. The first-order valence-corrected chi connectivity index (χ1v) is 11.8. The number of carbonyl (C=O) groups is 2. The molecule has 2 amide bonds. The summed E-state index contributed by atoms with van der Waals surface area (Å²) in [6, 6.07) is 11.9. The Hall–Kier alpha value is -2.25. The molecular weight excluding hydrogens is 496 g/mol. The van der Waals surface area contributed by atoms with Gasteiger partial charge in [-0.1, -0.05) is 37.6 Å². The van der Waals surface area contributed by atoms with Crippen LogP contribution in [-0.2, 0) is 16.1 Å². The van der Waals surface area contributed by atoms with Gasteiger partial charge in [-0.05, 0) is 71.6 Å². The molecule has 0 aliphatic carbocycles. The molecule has 2 rings (SSSR count). The predicted molar refractivity (Wildman–Crippen MR) is 130 cm³/mol. The zero-order chi connectivity index (χ0) is 23.7. The number of halogens is 2. The van der Waals surface area contributed by atoms with Gasteiger partial charge in [0.1, 0.15) is 17.5 Å². The highest BCUT2D eigenvalue weighted by atomic mass is 79.9. The highest BCUT2D eigenvalue weighted by Gasteiger charge is 2.29. The molecule has 2 aromatic carbocycles. The Morgan fingerprint density at radius 2 is 1.81 bits per heavy atom. The number of amides is 2. The van der Waals surface area contributed by atoms with Crippen LogP contribution in [0.25, 0.3) is 0 Å². The van der Waals surface area contributed by atoms with E-state index in [1.54, 1.807) is 30.2 Å². The van der Waals surface area contributed by atoms with Crippen LogP contribution < -0.4 is 14.8 Å². The molecule has 1 N–H and O–H groups in total. The Labute approximate surface area is 203 Å². The number of ether oxygens (including phenoxy) is 2. The molecule has 0 heterocycles. The maximum absolute atomic E-state index is 13.2. The minimum Gasteiger partial charge on any atom is -0.497 e. The van der Waals surface area contributed by atoms with Gasteiger partial charge in [-0.3, -0.25) is 9.59 Å². The Balaban J connectivity index is 2.23. The molecule has 0 radical (unpaired) electrons. The summed E-state index contributed by atoms with van der Waals surface area (Å²) in [5.74, 6) is 0.776. The van der Waals surface area contributed by atoms with Crippen LogP contribution >= 0.6 is 27.5 Å². The summed E-state index contributed by atoms with van der Waals surface area (Å²) >= 11 is 9.37. The van der Waals surface area contributed by atoms with Gasteiger partial charge in [0.15, 0.2) is 6.61 Å². The standard InChI is InChI=1S/C24H30BrClN2O4/c1-5-16(3)27-24(30)21(6-2)28(14-17-7-10-19(31-4)11-8-17)23(29)15-32-22-12-9-18(26)13-20(22)25/h7-13,16,21H,5-6,14-15H2,1-4H3,(H,27,30)/t16-,21-/m0/s1. The molecule has 8 heteroatoms. The van der Waals surface area contributed by atoms with Gasteiger partial charge in [-0.2, -0.15) is 0 Å². The average Bonchev–Trinajstić information content (AvgIpc) is 2.78. The molecular formula is C24H30BrClN2O4.